The number of fused-ring (bicyclic) bond motifs is 1. The van der Waals surface area contributed by atoms with Gasteiger partial charge in [-0.2, -0.15) is 4.31 Å². The minimum Gasteiger partial charge on any atom is -0.355 e. The molecule has 3 rings (SSSR count). The number of anilines is 1. The van der Waals surface area contributed by atoms with Gasteiger partial charge in [0.05, 0.1) is 4.90 Å². The van der Waals surface area contributed by atoms with Crippen LogP contribution in [0.3, 0.4) is 0 Å². The molecule has 1 aliphatic rings. The van der Waals surface area contributed by atoms with Gasteiger partial charge in [0, 0.05) is 45.4 Å². The molecule has 0 radical (unpaired) electrons. The number of carbonyl (C=O) groups excluding carboxylic acids is 2. The van der Waals surface area contributed by atoms with E-state index in [1.165, 1.54) is 18.3 Å². The van der Waals surface area contributed by atoms with Crippen LogP contribution >= 0.6 is 0 Å². The molecule has 8 heteroatoms. The summed E-state index contributed by atoms with van der Waals surface area (Å²) in [5.41, 5.74) is 2.96. The number of rotatable bonds is 5. The Labute approximate surface area is 171 Å². The number of hydrogen-bond acceptors (Lipinski definition) is 4. The molecular formula is C21H25N3O4S. The van der Waals surface area contributed by atoms with Gasteiger partial charge in [0.1, 0.15) is 0 Å². The zero-order valence-corrected chi connectivity index (χ0v) is 17.6. The van der Waals surface area contributed by atoms with E-state index in [1.807, 2.05) is 0 Å². The van der Waals surface area contributed by atoms with Gasteiger partial charge >= 0.3 is 0 Å². The molecule has 0 aromatic heterocycles. The average Bonchev–Trinajstić information content (AvgIpc) is 2.72. The largest absolute Gasteiger partial charge is 0.355 e. The lowest BCUT2D eigenvalue weighted by molar-refractivity contribution is -0.116. The van der Waals surface area contributed by atoms with Gasteiger partial charge in [-0.15, -0.1) is 0 Å². The standard InChI is InChI=1S/C21H25N3O4S/c1-15(25)24-12-4-5-18-13-19(10-11-20(18)24)29(27,28)23(3)14-16-6-8-17(9-7-16)21(26)22-2/h6-11,13H,4-5,12,14H2,1-3H3,(H,22,26). The van der Waals surface area contributed by atoms with Crippen molar-refractivity contribution >= 4 is 27.5 Å². The highest BCUT2D eigenvalue weighted by Gasteiger charge is 2.25. The number of nitrogens with one attached hydrogen (secondary N) is 1. The average molecular weight is 416 g/mol. The highest BCUT2D eigenvalue weighted by molar-refractivity contribution is 7.89. The Hall–Kier alpha value is -2.71. The Balaban J connectivity index is 1.81. The van der Waals surface area contributed by atoms with E-state index in [0.29, 0.717) is 12.1 Å². The van der Waals surface area contributed by atoms with Crippen LogP contribution in [0.5, 0.6) is 0 Å². The summed E-state index contributed by atoms with van der Waals surface area (Å²) in [4.78, 5) is 25.3. The quantitative estimate of drug-likeness (QED) is 0.811. The van der Waals surface area contributed by atoms with Crippen LogP contribution in [0.15, 0.2) is 47.4 Å². The molecule has 0 saturated carbocycles. The number of hydrogen-bond donors (Lipinski definition) is 1. The van der Waals surface area contributed by atoms with E-state index >= 15 is 0 Å². The molecule has 2 aromatic carbocycles. The highest BCUT2D eigenvalue weighted by atomic mass is 32.2. The number of carbonyl (C=O) groups is 2. The third-order valence-electron chi connectivity index (χ3n) is 5.11. The van der Waals surface area contributed by atoms with Crippen LogP contribution in [0.2, 0.25) is 0 Å². The van der Waals surface area contributed by atoms with Gasteiger partial charge in [-0.1, -0.05) is 12.1 Å². The van der Waals surface area contributed by atoms with E-state index in [-0.39, 0.29) is 23.3 Å². The Morgan fingerprint density at radius 3 is 2.45 bits per heavy atom. The van der Waals surface area contributed by atoms with Crippen molar-refractivity contribution in [3.8, 4) is 0 Å². The third-order valence-corrected chi connectivity index (χ3v) is 6.91. The lowest BCUT2D eigenvalue weighted by atomic mass is 10.0. The van der Waals surface area contributed by atoms with Crippen molar-refractivity contribution in [2.24, 2.45) is 0 Å². The summed E-state index contributed by atoms with van der Waals surface area (Å²) in [5, 5.41) is 2.55. The minimum absolute atomic E-state index is 0.0427. The number of aryl methyl sites for hydroxylation is 1. The molecule has 29 heavy (non-hydrogen) atoms. The third kappa shape index (κ3) is 4.33. The van der Waals surface area contributed by atoms with Crippen LogP contribution in [0.4, 0.5) is 5.69 Å². The maximum Gasteiger partial charge on any atom is 0.251 e. The molecule has 0 spiro atoms. The Morgan fingerprint density at radius 2 is 1.83 bits per heavy atom. The molecular weight excluding hydrogens is 390 g/mol. The fourth-order valence-corrected chi connectivity index (χ4v) is 4.70. The Kier molecular flexibility index (Phi) is 6.04. The molecule has 1 heterocycles. The second-order valence-electron chi connectivity index (χ2n) is 7.10. The maximum atomic E-state index is 13.0. The van der Waals surface area contributed by atoms with Crippen LogP contribution in [0.1, 0.15) is 34.8 Å². The minimum atomic E-state index is -3.69. The van der Waals surface area contributed by atoms with Crippen LogP contribution in [0, 0.1) is 0 Å². The van der Waals surface area contributed by atoms with Gasteiger partial charge < -0.3 is 10.2 Å². The Morgan fingerprint density at radius 1 is 1.14 bits per heavy atom. The van der Waals surface area contributed by atoms with Crippen LogP contribution in [-0.4, -0.2) is 45.2 Å². The molecule has 0 atom stereocenters. The normalized spacial score (nSPS) is 13.9. The summed E-state index contributed by atoms with van der Waals surface area (Å²) >= 11 is 0. The van der Waals surface area contributed by atoms with E-state index in [9.17, 15) is 18.0 Å². The molecule has 0 bridgehead atoms. The predicted molar refractivity (Wildman–Crippen MR) is 111 cm³/mol. The summed E-state index contributed by atoms with van der Waals surface area (Å²) < 4.78 is 27.4. The molecule has 2 aromatic rings. The molecule has 0 fully saturated rings. The molecule has 1 N–H and O–H groups in total. The van der Waals surface area contributed by atoms with Crippen molar-refractivity contribution in [3.05, 3.63) is 59.2 Å². The first kappa shape index (κ1) is 21.0. The fraction of sp³-hybridized carbons (Fsp3) is 0.333. The zero-order valence-electron chi connectivity index (χ0n) is 16.8. The number of benzene rings is 2. The lowest BCUT2D eigenvalue weighted by Crippen LogP contribution is -2.34. The first-order valence-electron chi connectivity index (χ1n) is 9.42. The summed E-state index contributed by atoms with van der Waals surface area (Å²) in [7, 11) is -0.597. The van der Waals surface area contributed by atoms with Gasteiger partial charge in [0.2, 0.25) is 15.9 Å². The first-order valence-corrected chi connectivity index (χ1v) is 10.9. The van der Waals surface area contributed by atoms with E-state index in [0.717, 1.165) is 29.7 Å². The monoisotopic (exact) mass is 415 g/mol. The van der Waals surface area contributed by atoms with Crippen molar-refractivity contribution < 1.29 is 18.0 Å². The summed E-state index contributed by atoms with van der Waals surface area (Å²) in [6.45, 7) is 2.36. The summed E-state index contributed by atoms with van der Waals surface area (Å²) in [5.74, 6) is -0.231. The number of nitrogens with zero attached hydrogens (tertiary/aromatic N) is 2. The van der Waals surface area contributed by atoms with Crippen LogP contribution in [-0.2, 0) is 27.8 Å². The predicted octanol–water partition coefficient (Wildman–Crippen LogP) is 2.17. The van der Waals surface area contributed by atoms with Crippen LogP contribution < -0.4 is 10.2 Å². The smallest absolute Gasteiger partial charge is 0.251 e. The van der Waals surface area contributed by atoms with Crippen molar-refractivity contribution in [3.63, 3.8) is 0 Å². The van der Waals surface area contributed by atoms with Gasteiger partial charge in [0.25, 0.3) is 5.91 Å². The van der Waals surface area contributed by atoms with Crippen molar-refractivity contribution in [2.45, 2.75) is 31.2 Å². The number of amides is 2. The molecule has 0 unspecified atom stereocenters. The van der Waals surface area contributed by atoms with Crippen molar-refractivity contribution in [2.75, 3.05) is 25.5 Å². The van der Waals surface area contributed by atoms with Gasteiger partial charge in [-0.25, -0.2) is 8.42 Å². The van der Waals surface area contributed by atoms with Gasteiger partial charge in [-0.3, -0.25) is 9.59 Å². The molecule has 2 amide bonds. The van der Waals surface area contributed by atoms with E-state index in [4.69, 9.17) is 0 Å². The Bertz CT molecular complexity index is 1030. The van der Waals surface area contributed by atoms with E-state index < -0.39 is 10.0 Å². The summed E-state index contributed by atoms with van der Waals surface area (Å²) in [6, 6.07) is 11.8. The van der Waals surface area contributed by atoms with E-state index in [1.54, 1.807) is 54.4 Å². The first-order chi connectivity index (χ1) is 13.7. The molecule has 0 aliphatic carbocycles. The fourth-order valence-electron chi connectivity index (χ4n) is 3.49. The number of sulfonamides is 1. The molecule has 7 nitrogen and oxygen atoms in total. The molecule has 154 valence electrons. The second-order valence-corrected chi connectivity index (χ2v) is 9.15. The topological polar surface area (TPSA) is 86.8 Å². The lowest BCUT2D eigenvalue weighted by Gasteiger charge is -2.29. The van der Waals surface area contributed by atoms with E-state index in [2.05, 4.69) is 5.32 Å². The molecule has 0 saturated heterocycles. The van der Waals surface area contributed by atoms with Crippen LogP contribution in [0.25, 0.3) is 0 Å². The highest BCUT2D eigenvalue weighted by Crippen LogP contribution is 2.30. The maximum absolute atomic E-state index is 13.0. The molecule has 1 aliphatic heterocycles. The van der Waals surface area contributed by atoms with Crippen molar-refractivity contribution in [1.82, 2.24) is 9.62 Å². The van der Waals surface area contributed by atoms with Gasteiger partial charge in [0.15, 0.2) is 0 Å². The van der Waals surface area contributed by atoms with Crippen molar-refractivity contribution in [1.29, 1.82) is 0 Å². The van der Waals surface area contributed by atoms with Gasteiger partial charge in [-0.05, 0) is 54.3 Å². The zero-order chi connectivity index (χ0) is 21.2. The summed E-state index contributed by atoms with van der Waals surface area (Å²) in [6.07, 6.45) is 1.55. The second kappa shape index (κ2) is 8.34. The SMILES string of the molecule is CNC(=O)c1ccc(CN(C)S(=O)(=O)c2ccc3c(c2)CCCN3C(C)=O)cc1.